The van der Waals surface area contributed by atoms with Crippen LogP contribution in [0.5, 0.6) is 0 Å². The summed E-state index contributed by atoms with van der Waals surface area (Å²) < 4.78 is 1.46. The first kappa shape index (κ1) is 18.6. The molecule has 142 valence electrons. The van der Waals surface area contributed by atoms with Gasteiger partial charge in [0.2, 0.25) is 0 Å². The maximum absolute atomic E-state index is 12.2. The molecule has 3 rings (SSSR count). The fraction of sp³-hybridized carbons (Fsp3) is 0.118. The van der Waals surface area contributed by atoms with Gasteiger partial charge in [-0.05, 0) is 40.8 Å². The highest BCUT2D eigenvalue weighted by Crippen LogP contribution is 2.27. The van der Waals surface area contributed by atoms with E-state index in [9.17, 15) is 14.9 Å². The lowest BCUT2D eigenvalue weighted by Crippen LogP contribution is -2.17. The summed E-state index contributed by atoms with van der Waals surface area (Å²) in [5, 5.41) is 25.9. The molecule has 1 amide bonds. The summed E-state index contributed by atoms with van der Waals surface area (Å²) in [5.74, 6) is -0.418. The van der Waals surface area contributed by atoms with Crippen LogP contribution in [0.2, 0.25) is 0 Å². The second kappa shape index (κ2) is 8.03. The van der Waals surface area contributed by atoms with Gasteiger partial charge in [0.1, 0.15) is 12.0 Å². The quantitative estimate of drug-likeness (QED) is 0.388. The number of anilines is 1. The number of rotatable bonds is 6. The van der Waals surface area contributed by atoms with Gasteiger partial charge in [-0.3, -0.25) is 14.9 Å². The highest BCUT2D eigenvalue weighted by molar-refractivity contribution is 5.95. The molecule has 0 radical (unpaired) electrons. The van der Waals surface area contributed by atoms with Crippen molar-refractivity contribution in [2.24, 2.45) is 5.10 Å². The number of hydrazone groups is 1. The molecule has 0 aliphatic carbocycles. The summed E-state index contributed by atoms with van der Waals surface area (Å²) in [6.07, 6.45) is 2.79. The van der Waals surface area contributed by atoms with Crippen LogP contribution >= 0.6 is 0 Å². The first-order valence-corrected chi connectivity index (χ1v) is 8.08. The molecule has 28 heavy (non-hydrogen) atoms. The lowest BCUT2D eigenvalue weighted by Gasteiger charge is -2.12. The second-order valence-corrected chi connectivity index (χ2v) is 5.90. The number of hydrogen-bond acceptors (Lipinski definition) is 8. The van der Waals surface area contributed by atoms with Crippen LogP contribution in [0, 0.1) is 10.1 Å². The largest absolute Gasteiger partial charge is 0.372 e. The lowest BCUT2D eigenvalue weighted by atomic mass is 10.2. The van der Waals surface area contributed by atoms with E-state index < -0.39 is 10.8 Å². The Kier molecular flexibility index (Phi) is 5.35. The molecule has 11 nitrogen and oxygen atoms in total. The van der Waals surface area contributed by atoms with Crippen LogP contribution in [-0.2, 0) is 0 Å². The number of carbonyl (C=O) groups excluding carboxylic acids is 1. The van der Waals surface area contributed by atoms with Crippen molar-refractivity contribution in [3.05, 3.63) is 70.0 Å². The van der Waals surface area contributed by atoms with E-state index in [-0.39, 0.29) is 5.69 Å². The fourth-order valence-electron chi connectivity index (χ4n) is 2.42. The number of nitro groups is 1. The number of amides is 1. The zero-order chi connectivity index (χ0) is 20.1. The van der Waals surface area contributed by atoms with E-state index in [0.717, 1.165) is 0 Å². The molecule has 0 bridgehead atoms. The second-order valence-electron chi connectivity index (χ2n) is 5.90. The van der Waals surface area contributed by atoms with Crippen molar-refractivity contribution in [2.45, 2.75) is 0 Å². The third kappa shape index (κ3) is 4.15. The molecule has 0 unspecified atom stereocenters. The van der Waals surface area contributed by atoms with E-state index >= 15 is 0 Å². The van der Waals surface area contributed by atoms with Gasteiger partial charge >= 0.3 is 0 Å². The lowest BCUT2D eigenvalue weighted by molar-refractivity contribution is -0.384. The summed E-state index contributed by atoms with van der Waals surface area (Å²) in [4.78, 5) is 24.6. The number of benzene rings is 2. The number of carbonyl (C=O) groups is 1. The van der Waals surface area contributed by atoms with Crippen molar-refractivity contribution < 1.29 is 9.72 Å². The van der Waals surface area contributed by atoms with E-state index in [2.05, 4.69) is 26.1 Å². The van der Waals surface area contributed by atoms with Crippen molar-refractivity contribution in [3.8, 4) is 5.69 Å². The minimum Gasteiger partial charge on any atom is -0.372 e. The minimum absolute atomic E-state index is 0.0431. The third-order valence-electron chi connectivity index (χ3n) is 3.80. The van der Waals surface area contributed by atoms with Crippen LogP contribution in [0.3, 0.4) is 0 Å². The maximum atomic E-state index is 12.2. The summed E-state index contributed by atoms with van der Waals surface area (Å²) >= 11 is 0. The summed E-state index contributed by atoms with van der Waals surface area (Å²) in [6, 6.07) is 11.3. The molecule has 1 N–H and O–H groups in total. The number of nitrogens with one attached hydrogen (secondary N) is 1. The van der Waals surface area contributed by atoms with E-state index in [1.807, 2.05) is 0 Å². The average Bonchev–Trinajstić information content (AvgIpc) is 3.22. The molecule has 0 saturated heterocycles. The van der Waals surface area contributed by atoms with Gasteiger partial charge < -0.3 is 4.90 Å². The molecule has 1 heterocycles. The molecule has 0 spiro atoms. The molecule has 0 fully saturated rings. The molecule has 0 atom stereocenters. The molecule has 0 aliphatic heterocycles. The molecular formula is C17H16N8O3. The third-order valence-corrected chi connectivity index (χ3v) is 3.80. The van der Waals surface area contributed by atoms with Crippen LogP contribution < -0.4 is 10.3 Å². The number of hydrogen-bond donors (Lipinski definition) is 1. The first-order chi connectivity index (χ1) is 13.5. The molecular weight excluding hydrogens is 364 g/mol. The Labute approximate surface area is 159 Å². The minimum atomic E-state index is -0.461. The summed E-state index contributed by atoms with van der Waals surface area (Å²) in [5.41, 5.74) is 4.42. The summed E-state index contributed by atoms with van der Waals surface area (Å²) in [7, 11) is 3.45. The Morgan fingerprint density at radius 3 is 2.61 bits per heavy atom. The van der Waals surface area contributed by atoms with E-state index in [1.54, 1.807) is 55.4 Å². The predicted octanol–water partition coefficient (Wildman–Crippen LogP) is 1.40. The number of tetrazole rings is 1. The van der Waals surface area contributed by atoms with Crippen molar-refractivity contribution >= 4 is 23.5 Å². The summed E-state index contributed by atoms with van der Waals surface area (Å²) in [6.45, 7) is 0. The molecule has 0 saturated carbocycles. The molecule has 11 heteroatoms. The van der Waals surface area contributed by atoms with Gasteiger partial charge in [0.25, 0.3) is 11.6 Å². The Morgan fingerprint density at radius 2 is 2.00 bits per heavy atom. The standard InChI is InChI=1S/C17H16N8O3/c1-23(2)15-8-3-12(9-16(15)25(27)28)10-18-20-17(26)13-4-6-14(7-5-13)24-11-19-21-22-24/h3-11H,1-2H3,(H,20,26)/b18-10+. The van der Waals surface area contributed by atoms with Crippen LogP contribution in [-0.4, -0.2) is 51.3 Å². The van der Waals surface area contributed by atoms with Gasteiger partial charge in [-0.25, -0.2) is 10.1 Å². The van der Waals surface area contributed by atoms with Crippen molar-refractivity contribution in [3.63, 3.8) is 0 Å². The van der Waals surface area contributed by atoms with Crippen LogP contribution in [0.1, 0.15) is 15.9 Å². The Balaban J connectivity index is 1.68. The van der Waals surface area contributed by atoms with Crippen LogP contribution in [0.15, 0.2) is 53.9 Å². The predicted molar refractivity (Wildman–Crippen MR) is 102 cm³/mol. The van der Waals surface area contributed by atoms with Gasteiger partial charge in [0.05, 0.1) is 16.8 Å². The van der Waals surface area contributed by atoms with Crippen molar-refractivity contribution in [1.29, 1.82) is 0 Å². The van der Waals surface area contributed by atoms with Gasteiger partial charge in [0, 0.05) is 31.3 Å². The topological polar surface area (TPSA) is 131 Å². The molecule has 2 aromatic carbocycles. The van der Waals surface area contributed by atoms with Crippen LogP contribution in [0.25, 0.3) is 5.69 Å². The molecule has 3 aromatic rings. The van der Waals surface area contributed by atoms with E-state index in [4.69, 9.17) is 0 Å². The average molecular weight is 380 g/mol. The zero-order valence-electron chi connectivity index (χ0n) is 15.1. The highest BCUT2D eigenvalue weighted by Gasteiger charge is 2.15. The number of nitrogens with zero attached hydrogens (tertiary/aromatic N) is 7. The molecule has 0 aliphatic rings. The number of aromatic nitrogens is 4. The Hall–Kier alpha value is -4.15. The smallest absolute Gasteiger partial charge is 0.293 e. The van der Waals surface area contributed by atoms with E-state index in [1.165, 1.54) is 23.3 Å². The molecule has 1 aromatic heterocycles. The monoisotopic (exact) mass is 380 g/mol. The zero-order valence-corrected chi connectivity index (χ0v) is 15.1. The normalized spacial score (nSPS) is 10.8. The Bertz CT molecular complexity index is 1010. The number of nitro benzene ring substituents is 1. The van der Waals surface area contributed by atoms with Crippen LogP contribution in [0.4, 0.5) is 11.4 Å². The first-order valence-electron chi connectivity index (χ1n) is 8.08. The fourth-order valence-corrected chi connectivity index (χ4v) is 2.42. The van der Waals surface area contributed by atoms with Gasteiger partial charge in [-0.1, -0.05) is 6.07 Å². The van der Waals surface area contributed by atoms with Crippen molar-refractivity contribution in [2.75, 3.05) is 19.0 Å². The van der Waals surface area contributed by atoms with E-state index in [0.29, 0.717) is 22.5 Å². The van der Waals surface area contributed by atoms with Crippen molar-refractivity contribution in [1.82, 2.24) is 25.6 Å². The van der Waals surface area contributed by atoms with Gasteiger partial charge in [0.15, 0.2) is 0 Å². The SMILES string of the molecule is CN(C)c1ccc(/C=N/NC(=O)c2ccc(-n3cnnn3)cc2)cc1[N+](=O)[O-]. The highest BCUT2D eigenvalue weighted by atomic mass is 16.6. The van der Waals surface area contributed by atoms with Gasteiger partial charge in [-0.15, -0.1) is 5.10 Å². The Morgan fingerprint density at radius 1 is 1.25 bits per heavy atom. The maximum Gasteiger partial charge on any atom is 0.293 e. The van der Waals surface area contributed by atoms with Gasteiger partial charge in [-0.2, -0.15) is 5.10 Å².